The van der Waals surface area contributed by atoms with Crippen molar-refractivity contribution < 1.29 is 8.42 Å². The molecule has 0 unspecified atom stereocenters. The molecule has 0 aliphatic heterocycles. The van der Waals surface area contributed by atoms with Crippen molar-refractivity contribution in [1.29, 1.82) is 5.26 Å². The Balaban J connectivity index is 2.68. The second-order valence-electron chi connectivity index (χ2n) is 3.43. The van der Waals surface area contributed by atoms with Gasteiger partial charge in [0.05, 0.1) is 16.7 Å². The smallest absolute Gasteiger partial charge is 0.261 e. The summed E-state index contributed by atoms with van der Waals surface area (Å²) in [6, 6.07) is 6.08. The van der Waals surface area contributed by atoms with Gasteiger partial charge in [0, 0.05) is 27.5 Å². The fourth-order valence-corrected chi connectivity index (χ4v) is 2.59. The minimum absolute atomic E-state index is 0.120. The van der Waals surface area contributed by atoms with Crippen molar-refractivity contribution in [3.8, 4) is 17.2 Å². The van der Waals surface area contributed by atoms with Crippen molar-refractivity contribution in [2.24, 2.45) is 0 Å². The standard InChI is InChI=1S/C11H5Cl2N2O2S/c12-9-1-7(2-10(3-9)18(13,16)17)11-6-15-5-8(11)4-14/h1-3,5,15H. The lowest BCUT2D eigenvalue weighted by Gasteiger charge is -2.03. The maximum absolute atomic E-state index is 11.3. The Labute approximate surface area is 113 Å². The molecule has 1 radical (unpaired) electrons. The SMILES string of the molecule is N#Cc1c[nH][c]c1-c1cc(Cl)cc(S(=O)(=O)Cl)c1. The van der Waals surface area contributed by atoms with E-state index in [9.17, 15) is 8.42 Å². The van der Waals surface area contributed by atoms with Crippen molar-refractivity contribution >= 4 is 31.3 Å². The van der Waals surface area contributed by atoms with E-state index in [-0.39, 0.29) is 9.92 Å². The van der Waals surface area contributed by atoms with Crippen molar-refractivity contribution in [2.45, 2.75) is 4.90 Å². The summed E-state index contributed by atoms with van der Waals surface area (Å²) in [5.74, 6) is 0. The van der Waals surface area contributed by atoms with E-state index in [1.807, 2.05) is 6.07 Å². The van der Waals surface area contributed by atoms with E-state index in [4.69, 9.17) is 27.5 Å². The molecule has 0 spiro atoms. The molecular weight excluding hydrogens is 295 g/mol. The number of hydrogen-bond acceptors (Lipinski definition) is 3. The molecule has 2 rings (SSSR count). The summed E-state index contributed by atoms with van der Waals surface area (Å²) in [6.07, 6.45) is 4.20. The Hall–Kier alpha value is -1.48. The van der Waals surface area contributed by atoms with Gasteiger partial charge in [-0.1, -0.05) is 11.6 Å². The Morgan fingerprint density at radius 2 is 2.06 bits per heavy atom. The first-order valence-corrected chi connectivity index (χ1v) is 7.35. The molecule has 1 N–H and O–H groups in total. The number of H-pyrrole nitrogens is 1. The van der Waals surface area contributed by atoms with Gasteiger partial charge in [-0.05, 0) is 23.8 Å². The number of rotatable bonds is 2. The van der Waals surface area contributed by atoms with Crippen LogP contribution in [0, 0.1) is 17.5 Å². The third-order valence-corrected chi connectivity index (χ3v) is 3.80. The van der Waals surface area contributed by atoms with Gasteiger partial charge in [0.2, 0.25) is 0 Å². The van der Waals surface area contributed by atoms with Crippen LogP contribution in [0.1, 0.15) is 5.56 Å². The Morgan fingerprint density at radius 3 is 2.67 bits per heavy atom. The molecular formula is C11H5Cl2N2O2S. The van der Waals surface area contributed by atoms with E-state index < -0.39 is 9.05 Å². The predicted molar refractivity (Wildman–Crippen MR) is 67.8 cm³/mol. The molecule has 0 aliphatic rings. The van der Waals surface area contributed by atoms with Crippen LogP contribution in [0.2, 0.25) is 5.02 Å². The van der Waals surface area contributed by atoms with Gasteiger partial charge in [0.1, 0.15) is 6.07 Å². The molecule has 1 heterocycles. The first-order valence-electron chi connectivity index (χ1n) is 4.66. The van der Waals surface area contributed by atoms with E-state index in [0.29, 0.717) is 16.7 Å². The van der Waals surface area contributed by atoms with E-state index in [2.05, 4.69) is 11.2 Å². The van der Waals surface area contributed by atoms with Crippen LogP contribution in [0.5, 0.6) is 0 Å². The highest BCUT2D eigenvalue weighted by Crippen LogP contribution is 2.29. The summed E-state index contributed by atoms with van der Waals surface area (Å²) in [5.41, 5.74) is 1.25. The third-order valence-electron chi connectivity index (χ3n) is 2.24. The van der Waals surface area contributed by atoms with Crippen LogP contribution in [0.3, 0.4) is 0 Å². The third kappa shape index (κ3) is 2.51. The minimum atomic E-state index is -3.88. The molecule has 0 fully saturated rings. The number of nitrogens with zero attached hydrogens (tertiary/aromatic N) is 1. The Morgan fingerprint density at radius 1 is 1.33 bits per heavy atom. The fourth-order valence-electron chi connectivity index (χ4n) is 1.48. The van der Waals surface area contributed by atoms with Gasteiger partial charge < -0.3 is 4.98 Å². The van der Waals surface area contributed by atoms with Crippen molar-refractivity contribution in [3.63, 3.8) is 0 Å². The zero-order chi connectivity index (χ0) is 13.3. The highest BCUT2D eigenvalue weighted by atomic mass is 35.7. The van der Waals surface area contributed by atoms with Crippen LogP contribution in [0.4, 0.5) is 0 Å². The zero-order valence-corrected chi connectivity index (χ0v) is 11.1. The number of benzene rings is 1. The molecule has 0 saturated heterocycles. The number of aromatic amines is 1. The zero-order valence-electron chi connectivity index (χ0n) is 8.74. The van der Waals surface area contributed by atoms with Crippen LogP contribution in [0.25, 0.3) is 11.1 Å². The Bertz CT molecular complexity index is 745. The number of aromatic nitrogens is 1. The normalized spacial score (nSPS) is 11.2. The highest BCUT2D eigenvalue weighted by Gasteiger charge is 2.15. The monoisotopic (exact) mass is 299 g/mol. The van der Waals surface area contributed by atoms with E-state index >= 15 is 0 Å². The first kappa shape index (κ1) is 13.0. The maximum Gasteiger partial charge on any atom is 0.261 e. The average Bonchev–Trinajstić information content (AvgIpc) is 2.74. The predicted octanol–water partition coefficient (Wildman–Crippen LogP) is 2.93. The van der Waals surface area contributed by atoms with Crippen molar-refractivity contribution in [3.05, 3.63) is 41.2 Å². The summed E-state index contributed by atoms with van der Waals surface area (Å²) in [7, 11) is 1.39. The molecule has 1 aromatic heterocycles. The second-order valence-corrected chi connectivity index (χ2v) is 6.43. The lowest BCUT2D eigenvalue weighted by atomic mass is 10.1. The maximum atomic E-state index is 11.3. The average molecular weight is 300 g/mol. The molecule has 0 aliphatic carbocycles. The van der Waals surface area contributed by atoms with Crippen LogP contribution in [-0.4, -0.2) is 13.4 Å². The molecule has 0 atom stereocenters. The summed E-state index contributed by atoms with van der Waals surface area (Å²) in [5, 5.41) is 9.11. The van der Waals surface area contributed by atoms with Crippen LogP contribution < -0.4 is 0 Å². The molecule has 1 aromatic carbocycles. The molecule has 0 saturated carbocycles. The van der Waals surface area contributed by atoms with Gasteiger partial charge in [-0.3, -0.25) is 0 Å². The quantitative estimate of drug-likeness (QED) is 0.866. The van der Waals surface area contributed by atoms with Crippen LogP contribution in [-0.2, 0) is 9.05 Å². The first-order chi connectivity index (χ1) is 8.41. The van der Waals surface area contributed by atoms with Crippen molar-refractivity contribution in [1.82, 2.24) is 4.98 Å². The number of halogens is 2. The lowest BCUT2D eigenvalue weighted by Crippen LogP contribution is -1.91. The topological polar surface area (TPSA) is 73.7 Å². The van der Waals surface area contributed by atoms with Gasteiger partial charge in [-0.25, -0.2) is 8.42 Å². The molecule has 7 heteroatoms. The van der Waals surface area contributed by atoms with Gasteiger partial charge in [-0.2, -0.15) is 5.26 Å². The molecule has 0 amide bonds. The minimum Gasteiger partial charge on any atom is -0.358 e. The van der Waals surface area contributed by atoms with Gasteiger partial charge in [0.25, 0.3) is 9.05 Å². The summed E-state index contributed by atoms with van der Waals surface area (Å²) in [4.78, 5) is 2.53. The summed E-state index contributed by atoms with van der Waals surface area (Å²) < 4.78 is 22.6. The van der Waals surface area contributed by atoms with Crippen molar-refractivity contribution in [2.75, 3.05) is 0 Å². The van der Waals surface area contributed by atoms with Gasteiger partial charge >= 0.3 is 0 Å². The number of nitrogens with one attached hydrogen (secondary N) is 1. The Kier molecular flexibility index (Phi) is 3.35. The largest absolute Gasteiger partial charge is 0.358 e. The van der Waals surface area contributed by atoms with Gasteiger partial charge in [0.15, 0.2) is 0 Å². The van der Waals surface area contributed by atoms with Crippen LogP contribution >= 0.6 is 22.3 Å². The molecule has 4 nitrogen and oxygen atoms in total. The summed E-state index contributed by atoms with van der Waals surface area (Å²) >= 11 is 5.84. The van der Waals surface area contributed by atoms with Crippen LogP contribution in [0.15, 0.2) is 29.3 Å². The van der Waals surface area contributed by atoms with E-state index in [0.717, 1.165) is 0 Å². The van der Waals surface area contributed by atoms with E-state index in [1.54, 1.807) is 0 Å². The molecule has 91 valence electrons. The number of nitriles is 1. The number of hydrogen-bond donors (Lipinski definition) is 1. The second kappa shape index (κ2) is 4.65. The molecule has 18 heavy (non-hydrogen) atoms. The molecule has 2 aromatic rings. The summed E-state index contributed by atoms with van der Waals surface area (Å²) in [6.45, 7) is 0. The fraction of sp³-hybridized carbons (Fsp3) is 0. The molecule has 0 bridgehead atoms. The van der Waals surface area contributed by atoms with E-state index in [1.165, 1.54) is 24.4 Å². The lowest BCUT2D eigenvalue weighted by molar-refractivity contribution is 0.609. The van der Waals surface area contributed by atoms with Gasteiger partial charge in [-0.15, -0.1) is 0 Å². The highest BCUT2D eigenvalue weighted by molar-refractivity contribution is 8.13.